The second-order valence-corrected chi connectivity index (χ2v) is 12.9. The SMILES string of the molecule is CC(=O)O.CC(=O)OC1CC(C)C1C.CC(C)=O.CC(C)=O.CC1C=CC1C.CC1CC(O)C1C.CC1CC(O)C1C. The van der Waals surface area contributed by atoms with Gasteiger partial charge in [-0.3, -0.25) is 9.59 Å². The Kier molecular flexibility index (Phi) is 24.7. The molecule has 8 heteroatoms. The number of hydrogen-bond donors (Lipinski definition) is 3. The normalized spacial score (nSPS) is 34.0. The fraction of sp³-hybridized carbons (Fsp3) is 0.824. The number of aliphatic carboxylic acids is 1. The third-order valence-electron chi connectivity index (χ3n) is 8.19. The summed E-state index contributed by atoms with van der Waals surface area (Å²) >= 11 is 0. The number of carbonyl (C=O) groups is 4. The first kappa shape index (κ1) is 44.4. The van der Waals surface area contributed by atoms with Crippen LogP contribution < -0.4 is 0 Å². The maximum atomic E-state index is 10.5. The van der Waals surface area contributed by atoms with Crippen molar-refractivity contribution in [2.24, 2.45) is 47.3 Å². The first-order chi connectivity index (χ1) is 19.0. The van der Waals surface area contributed by atoms with Crippen molar-refractivity contribution in [1.29, 1.82) is 0 Å². The molecule has 0 saturated heterocycles. The lowest BCUT2D eigenvalue weighted by molar-refractivity contribution is -0.158. The minimum Gasteiger partial charge on any atom is -0.481 e. The highest BCUT2D eigenvalue weighted by molar-refractivity contribution is 5.72. The summed E-state index contributed by atoms with van der Waals surface area (Å²) in [5, 5.41) is 25.2. The van der Waals surface area contributed by atoms with Gasteiger partial charge in [0.05, 0.1) is 12.2 Å². The van der Waals surface area contributed by atoms with Gasteiger partial charge < -0.3 is 29.6 Å². The van der Waals surface area contributed by atoms with Gasteiger partial charge in [0.15, 0.2) is 0 Å². The number of rotatable bonds is 1. The zero-order valence-corrected chi connectivity index (χ0v) is 29.0. The van der Waals surface area contributed by atoms with Crippen LogP contribution >= 0.6 is 0 Å². The van der Waals surface area contributed by atoms with E-state index in [9.17, 15) is 14.4 Å². The van der Waals surface area contributed by atoms with E-state index >= 15 is 0 Å². The molecular weight excluding hydrogens is 536 g/mol. The molecule has 248 valence electrons. The number of hydrogen-bond acceptors (Lipinski definition) is 7. The summed E-state index contributed by atoms with van der Waals surface area (Å²) in [6.45, 7) is 26.0. The van der Waals surface area contributed by atoms with Gasteiger partial charge in [-0.15, -0.1) is 0 Å². The van der Waals surface area contributed by atoms with E-state index in [1.807, 2.05) is 0 Å². The van der Waals surface area contributed by atoms with Gasteiger partial charge in [0.1, 0.15) is 17.7 Å². The Bertz CT molecular complexity index is 721. The fourth-order valence-electron chi connectivity index (χ4n) is 3.88. The van der Waals surface area contributed by atoms with E-state index in [2.05, 4.69) is 67.5 Å². The zero-order valence-electron chi connectivity index (χ0n) is 29.0. The van der Waals surface area contributed by atoms with Crippen LogP contribution in [0.4, 0.5) is 0 Å². The molecule has 8 nitrogen and oxygen atoms in total. The molecule has 0 aromatic carbocycles. The number of carboxylic acid groups (broad SMARTS) is 1. The molecule has 0 aromatic rings. The second kappa shape index (κ2) is 23.4. The third kappa shape index (κ3) is 23.5. The van der Waals surface area contributed by atoms with E-state index < -0.39 is 5.97 Å². The highest BCUT2D eigenvalue weighted by Gasteiger charge is 2.36. The molecule has 3 saturated carbocycles. The van der Waals surface area contributed by atoms with E-state index in [0.29, 0.717) is 17.8 Å². The van der Waals surface area contributed by atoms with E-state index in [-0.39, 0.29) is 35.8 Å². The Labute approximate surface area is 256 Å². The number of ether oxygens (including phenoxy) is 1. The predicted molar refractivity (Wildman–Crippen MR) is 170 cm³/mol. The van der Waals surface area contributed by atoms with Crippen molar-refractivity contribution >= 4 is 23.5 Å². The summed E-state index contributed by atoms with van der Waals surface area (Å²) in [6, 6.07) is 0. The van der Waals surface area contributed by atoms with E-state index in [4.69, 9.17) is 24.9 Å². The predicted octanol–water partition coefficient (Wildman–Crippen LogP) is 6.75. The second-order valence-electron chi connectivity index (χ2n) is 12.9. The number of esters is 1. The molecule has 4 aliphatic rings. The maximum Gasteiger partial charge on any atom is 0.302 e. The van der Waals surface area contributed by atoms with Crippen molar-refractivity contribution in [2.75, 3.05) is 0 Å². The molecule has 0 heterocycles. The standard InChI is InChI=1S/C8H14O2.2C6H12O.C6H10.2C3H6O.C2H4O2/c1-5-4-8(6(5)2)10-7(3)9;2*1-4-3-6(7)5(4)2;1-5-3-4-6(5)2;2*1-3(2)4;1-2(3)4/h5-6,8H,4H2,1-3H3;2*4-7H,3H2,1-2H3;3-6H,1-2H3;2*1-2H3;1H3,(H,3,4). The quantitative estimate of drug-likeness (QED) is 0.222. The molecular formula is C34H64O8. The average Bonchev–Trinajstić information content (AvgIpc) is 2.87. The molecule has 4 rings (SSSR count). The van der Waals surface area contributed by atoms with E-state index in [1.54, 1.807) is 0 Å². The van der Waals surface area contributed by atoms with Crippen molar-refractivity contribution in [1.82, 2.24) is 0 Å². The van der Waals surface area contributed by atoms with Crippen LogP contribution in [0.1, 0.15) is 116 Å². The Morgan fingerprint density at radius 2 is 0.833 bits per heavy atom. The molecule has 0 bridgehead atoms. The zero-order chi connectivity index (χ0) is 33.9. The molecule has 0 spiro atoms. The monoisotopic (exact) mass is 600 g/mol. The molecule has 0 aromatic heterocycles. The summed E-state index contributed by atoms with van der Waals surface area (Å²) in [7, 11) is 0. The third-order valence-corrected chi connectivity index (χ3v) is 8.19. The summed E-state index contributed by atoms with van der Waals surface area (Å²) in [5.74, 6) is 4.97. The van der Waals surface area contributed by atoms with Crippen LogP contribution in [0.5, 0.6) is 0 Å². The topological polar surface area (TPSA) is 138 Å². The summed E-state index contributed by atoms with van der Waals surface area (Å²) in [6.07, 6.45) is 7.77. The number of carboxylic acids is 1. The van der Waals surface area contributed by atoms with Gasteiger partial charge in [0.25, 0.3) is 5.97 Å². The number of allylic oxidation sites excluding steroid dienone is 2. The van der Waals surface area contributed by atoms with Gasteiger partial charge in [-0.25, -0.2) is 0 Å². The smallest absolute Gasteiger partial charge is 0.302 e. The van der Waals surface area contributed by atoms with Crippen LogP contribution in [0.15, 0.2) is 12.2 Å². The fourth-order valence-corrected chi connectivity index (χ4v) is 3.88. The molecule has 11 atom stereocenters. The van der Waals surface area contributed by atoms with Crippen LogP contribution in [-0.2, 0) is 23.9 Å². The number of ketones is 2. The minimum atomic E-state index is -0.833. The van der Waals surface area contributed by atoms with Crippen molar-refractivity contribution in [3.8, 4) is 0 Å². The molecule has 3 fully saturated rings. The van der Waals surface area contributed by atoms with Gasteiger partial charge in [-0.2, -0.15) is 0 Å². The lowest BCUT2D eigenvalue weighted by Crippen LogP contribution is -2.40. The number of Topliss-reactive ketones (excluding diaryl/α,β-unsaturated/α-hetero) is 2. The van der Waals surface area contributed by atoms with Crippen molar-refractivity contribution in [3.05, 3.63) is 12.2 Å². The van der Waals surface area contributed by atoms with Crippen LogP contribution in [0, 0.1) is 47.3 Å². The Balaban J connectivity index is -0.000000435. The van der Waals surface area contributed by atoms with Crippen LogP contribution in [0.25, 0.3) is 0 Å². The van der Waals surface area contributed by atoms with Gasteiger partial charge >= 0.3 is 5.97 Å². The summed E-state index contributed by atoms with van der Waals surface area (Å²) in [5.41, 5.74) is 0. The van der Waals surface area contributed by atoms with Crippen LogP contribution in [0.2, 0.25) is 0 Å². The molecule has 0 aliphatic heterocycles. The lowest BCUT2D eigenvalue weighted by Gasteiger charge is -2.39. The number of carbonyl (C=O) groups excluding carboxylic acids is 3. The average molecular weight is 601 g/mol. The van der Waals surface area contributed by atoms with Crippen molar-refractivity contribution in [2.45, 2.75) is 135 Å². The van der Waals surface area contributed by atoms with Gasteiger partial charge in [-0.1, -0.05) is 67.5 Å². The van der Waals surface area contributed by atoms with E-state index in [0.717, 1.165) is 55.8 Å². The van der Waals surface area contributed by atoms with E-state index in [1.165, 1.54) is 34.6 Å². The Morgan fingerprint density at radius 1 is 0.571 bits per heavy atom. The molecule has 11 unspecified atom stereocenters. The molecule has 0 radical (unpaired) electrons. The first-order valence-corrected chi connectivity index (χ1v) is 15.4. The van der Waals surface area contributed by atoms with Crippen molar-refractivity contribution in [3.63, 3.8) is 0 Å². The molecule has 0 amide bonds. The Morgan fingerprint density at radius 3 is 0.905 bits per heavy atom. The summed E-state index contributed by atoms with van der Waals surface area (Å²) < 4.78 is 5.03. The van der Waals surface area contributed by atoms with Gasteiger partial charge in [0, 0.05) is 13.8 Å². The maximum absolute atomic E-state index is 10.5. The largest absolute Gasteiger partial charge is 0.481 e. The highest BCUT2D eigenvalue weighted by Crippen LogP contribution is 2.36. The van der Waals surface area contributed by atoms with Gasteiger partial charge in [-0.05, 0) is 94.3 Å². The van der Waals surface area contributed by atoms with Crippen LogP contribution in [0.3, 0.4) is 0 Å². The molecule has 42 heavy (non-hydrogen) atoms. The summed E-state index contributed by atoms with van der Waals surface area (Å²) in [4.78, 5) is 38.4. The van der Waals surface area contributed by atoms with Gasteiger partial charge in [0.2, 0.25) is 0 Å². The lowest BCUT2D eigenvalue weighted by atomic mass is 9.73. The Hall–Kier alpha value is -2.06. The molecule has 3 N–H and O–H groups in total. The highest BCUT2D eigenvalue weighted by atomic mass is 16.5. The molecule has 4 aliphatic carbocycles. The van der Waals surface area contributed by atoms with Crippen molar-refractivity contribution < 1.29 is 39.2 Å². The minimum absolute atomic E-state index is 0.00926. The van der Waals surface area contributed by atoms with Crippen LogP contribution in [-0.4, -0.2) is 57.1 Å². The number of aliphatic hydroxyl groups is 2. The number of aliphatic hydroxyl groups excluding tert-OH is 2. The first-order valence-electron chi connectivity index (χ1n) is 15.4.